The maximum atomic E-state index is 13.5. The van der Waals surface area contributed by atoms with Gasteiger partial charge in [-0.15, -0.1) is 0 Å². The van der Waals surface area contributed by atoms with Gasteiger partial charge < -0.3 is 14.4 Å². The van der Waals surface area contributed by atoms with Gasteiger partial charge in [-0.3, -0.25) is 9.69 Å². The fourth-order valence-electron chi connectivity index (χ4n) is 3.79. The van der Waals surface area contributed by atoms with Crippen LogP contribution in [0, 0.1) is 11.2 Å². The number of rotatable bonds is 6. The molecule has 2 saturated heterocycles. The monoisotopic (exact) mass is 337 g/mol. The molecular formula is C17H24FN3O3. The number of halogens is 1. The molecule has 3 heterocycles. The first kappa shape index (κ1) is 17.1. The van der Waals surface area contributed by atoms with Gasteiger partial charge in [-0.05, 0) is 25.5 Å². The topological polar surface area (TPSA) is 54.9 Å². The van der Waals surface area contributed by atoms with Crippen molar-refractivity contribution in [2.75, 3.05) is 47.0 Å². The highest BCUT2D eigenvalue weighted by atomic mass is 19.1. The molecule has 1 amide bonds. The fraction of sp³-hybridized carbons (Fsp3) is 0.647. The van der Waals surface area contributed by atoms with Crippen LogP contribution < -0.4 is 4.74 Å². The van der Waals surface area contributed by atoms with E-state index < -0.39 is 0 Å². The number of amides is 1. The third-order valence-corrected chi connectivity index (χ3v) is 5.08. The van der Waals surface area contributed by atoms with Crippen LogP contribution in [-0.2, 0) is 16.1 Å². The summed E-state index contributed by atoms with van der Waals surface area (Å²) < 4.78 is 23.8. The number of aromatic nitrogens is 1. The van der Waals surface area contributed by atoms with Crippen LogP contribution in [0.4, 0.5) is 4.39 Å². The van der Waals surface area contributed by atoms with Gasteiger partial charge in [0.15, 0.2) is 0 Å². The SMILES string of the molecule is COCCN1CCC2(CCN(Cc3cc(F)cnc3OC)C2)C1=O. The van der Waals surface area contributed by atoms with Crippen molar-refractivity contribution in [2.45, 2.75) is 19.4 Å². The summed E-state index contributed by atoms with van der Waals surface area (Å²) in [5.74, 6) is 0.297. The summed E-state index contributed by atoms with van der Waals surface area (Å²) in [5.41, 5.74) is 0.429. The van der Waals surface area contributed by atoms with E-state index in [2.05, 4.69) is 9.88 Å². The number of hydrogen-bond donors (Lipinski definition) is 0. The third-order valence-electron chi connectivity index (χ3n) is 5.08. The van der Waals surface area contributed by atoms with E-state index in [1.807, 2.05) is 4.90 Å². The molecule has 1 spiro atoms. The van der Waals surface area contributed by atoms with Gasteiger partial charge in [0, 0.05) is 38.9 Å². The molecule has 0 saturated carbocycles. The molecular weight excluding hydrogens is 313 g/mol. The fourth-order valence-corrected chi connectivity index (χ4v) is 3.79. The minimum absolute atomic E-state index is 0.228. The van der Waals surface area contributed by atoms with E-state index in [9.17, 15) is 9.18 Å². The van der Waals surface area contributed by atoms with Crippen LogP contribution in [0.15, 0.2) is 12.3 Å². The van der Waals surface area contributed by atoms with Crippen LogP contribution in [0.2, 0.25) is 0 Å². The second-order valence-electron chi connectivity index (χ2n) is 6.60. The number of nitrogens with zero attached hydrogens (tertiary/aromatic N) is 3. The summed E-state index contributed by atoms with van der Waals surface area (Å²) >= 11 is 0. The highest BCUT2D eigenvalue weighted by Crippen LogP contribution is 2.41. The zero-order valence-corrected chi connectivity index (χ0v) is 14.3. The molecule has 7 heteroatoms. The number of carbonyl (C=O) groups is 1. The number of ether oxygens (including phenoxy) is 2. The Morgan fingerprint density at radius 2 is 2.12 bits per heavy atom. The number of hydrogen-bond acceptors (Lipinski definition) is 5. The van der Waals surface area contributed by atoms with Crippen LogP contribution >= 0.6 is 0 Å². The van der Waals surface area contributed by atoms with E-state index >= 15 is 0 Å². The molecule has 0 bridgehead atoms. The molecule has 2 aliphatic rings. The normalized spacial score (nSPS) is 24.3. The van der Waals surface area contributed by atoms with Crippen LogP contribution in [0.25, 0.3) is 0 Å². The van der Waals surface area contributed by atoms with Crippen molar-refractivity contribution < 1.29 is 18.7 Å². The van der Waals surface area contributed by atoms with Crippen molar-refractivity contribution in [1.29, 1.82) is 0 Å². The van der Waals surface area contributed by atoms with E-state index in [0.717, 1.165) is 37.7 Å². The lowest BCUT2D eigenvalue weighted by molar-refractivity contribution is -0.136. The molecule has 2 fully saturated rings. The molecule has 3 rings (SSSR count). The second-order valence-corrected chi connectivity index (χ2v) is 6.60. The van der Waals surface area contributed by atoms with Gasteiger partial charge in [-0.1, -0.05) is 0 Å². The standard InChI is InChI=1S/C17H24FN3O3/c1-23-8-7-21-6-4-17(16(21)22)3-5-20(12-17)11-13-9-14(18)10-19-15(13)24-2/h9-10H,3-8,11-12H2,1-2H3. The van der Waals surface area contributed by atoms with E-state index in [0.29, 0.717) is 32.1 Å². The van der Waals surface area contributed by atoms with Gasteiger partial charge in [-0.2, -0.15) is 0 Å². The van der Waals surface area contributed by atoms with Crippen molar-refractivity contribution in [3.05, 3.63) is 23.6 Å². The smallest absolute Gasteiger partial charge is 0.230 e. The van der Waals surface area contributed by atoms with Crippen LogP contribution in [0.3, 0.4) is 0 Å². The summed E-state index contributed by atoms with van der Waals surface area (Å²) in [5, 5.41) is 0. The summed E-state index contributed by atoms with van der Waals surface area (Å²) in [4.78, 5) is 20.8. The molecule has 6 nitrogen and oxygen atoms in total. The van der Waals surface area contributed by atoms with Gasteiger partial charge in [0.1, 0.15) is 5.82 Å². The molecule has 1 atom stereocenters. The Bertz CT molecular complexity index is 613. The minimum Gasteiger partial charge on any atom is -0.481 e. The largest absolute Gasteiger partial charge is 0.481 e. The van der Waals surface area contributed by atoms with E-state index in [-0.39, 0.29) is 17.1 Å². The van der Waals surface area contributed by atoms with Gasteiger partial charge >= 0.3 is 0 Å². The van der Waals surface area contributed by atoms with Crippen LogP contribution in [-0.4, -0.2) is 67.7 Å². The first-order valence-corrected chi connectivity index (χ1v) is 8.27. The van der Waals surface area contributed by atoms with Crippen LogP contribution in [0.5, 0.6) is 5.88 Å². The summed E-state index contributed by atoms with van der Waals surface area (Å²) in [7, 11) is 3.18. The molecule has 132 valence electrons. The Kier molecular flexibility index (Phi) is 5.01. The highest BCUT2D eigenvalue weighted by molar-refractivity contribution is 5.85. The molecule has 1 aromatic rings. The lowest BCUT2D eigenvalue weighted by atomic mass is 9.85. The van der Waals surface area contributed by atoms with Crippen molar-refractivity contribution >= 4 is 5.91 Å². The maximum absolute atomic E-state index is 13.5. The number of likely N-dealkylation sites (tertiary alicyclic amines) is 2. The predicted molar refractivity (Wildman–Crippen MR) is 86.1 cm³/mol. The highest BCUT2D eigenvalue weighted by Gasteiger charge is 2.50. The van der Waals surface area contributed by atoms with E-state index in [4.69, 9.17) is 9.47 Å². The van der Waals surface area contributed by atoms with E-state index in [1.165, 1.54) is 13.2 Å². The molecule has 1 aromatic heterocycles. The Morgan fingerprint density at radius 1 is 1.33 bits per heavy atom. The molecule has 0 radical (unpaired) electrons. The molecule has 0 aliphatic carbocycles. The number of carbonyl (C=O) groups excluding carboxylic acids is 1. The summed E-state index contributed by atoms with van der Waals surface area (Å²) in [6, 6.07) is 1.46. The third kappa shape index (κ3) is 3.23. The Hall–Kier alpha value is -1.73. The Balaban J connectivity index is 1.66. The first-order chi connectivity index (χ1) is 11.6. The number of pyridine rings is 1. The molecule has 0 aromatic carbocycles. The zero-order chi connectivity index (χ0) is 17.2. The molecule has 2 aliphatic heterocycles. The van der Waals surface area contributed by atoms with Crippen molar-refractivity contribution in [3.8, 4) is 5.88 Å². The van der Waals surface area contributed by atoms with Crippen LogP contribution in [0.1, 0.15) is 18.4 Å². The summed E-state index contributed by atoms with van der Waals surface area (Å²) in [6.07, 6.45) is 2.88. The second kappa shape index (κ2) is 7.03. The molecule has 0 N–H and O–H groups in total. The van der Waals surface area contributed by atoms with Gasteiger partial charge in [0.05, 0.1) is 25.3 Å². The molecule has 1 unspecified atom stereocenters. The summed E-state index contributed by atoms with van der Waals surface area (Å²) in [6.45, 7) is 4.08. The van der Waals surface area contributed by atoms with Gasteiger partial charge in [0.25, 0.3) is 0 Å². The first-order valence-electron chi connectivity index (χ1n) is 8.27. The minimum atomic E-state index is -0.373. The van der Waals surface area contributed by atoms with Crippen molar-refractivity contribution in [3.63, 3.8) is 0 Å². The molecule has 24 heavy (non-hydrogen) atoms. The Morgan fingerprint density at radius 3 is 2.88 bits per heavy atom. The Labute approximate surface area is 141 Å². The lowest BCUT2D eigenvalue weighted by Crippen LogP contribution is -2.38. The average molecular weight is 337 g/mol. The van der Waals surface area contributed by atoms with Crippen molar-refractivity contribution in [1.82, 2.24) is 14.8 Å². The quantitative estimate of drug-likeness (QED) is 0.783. The van der Waals surface area contributed by atoms with Gasteiger partial charge in [0.2, 0.25) is 11.8 Å². The lowest BCUT2D eigenvalue weighted by Gasteiger charge is -2.24. The average Bonchev–Trinajstić information content (AvgIpc) is 3.11. The van der Waals surface area contributed by atoms with E-state index in [1.54, 1.807) is 7.11 Å². The zero-order valence-electron chi connectivity index (χ0n) is 14.3. The predicted octanol–water partition coefficient (Wildman–Crippen LogP) is 1.30. The van der Waals surface area contributed by atoms with Crippen molar-refractivity contribution in [2.24, 2.45) is 5.41 Å². The number of methoxy groups -OCH3 is 2. The van der Waals surface area contributed by atoms with Gasteiger partial charge in [-0.25, -0.2) is 9.37 Å². The maximum Gasteiger partial charge on any atom is 0.230 e.